The van der Waals surface area contributed by atoms with E-state index in [0.717, 1.165) is 37.3 Å². The number of aromatic amines is 1. The van der Waals surface area contributed by atoms with E-state index in [1.807, 2.05) is 18.2 Å². The lowest BCUT2D eigenvalue weighted by molar-refractivity contribution is 0.0953. The Kier molecular flexibility index (Phi) is 4.86. The second-order valence-corrected chi connectivity index (χ2v) is 6.82. The number of H-pyrrole nitrogens is 1. The summed E-state index contributed by atoms with van der Waals surface area (Å²) in [5.74, 6) is 0.919. The third-order valence-corrected chi connectivity index (χ3v) is 5.02. The third kappa shape index (κ3) is 3.57. The highest BCUT2D eigenvalue weighted by molar-refractivity contribution is 5.94. The zero-order valence-electron chi connectivity index (χ0n) is 14.9. The Balaban J connectivity index is 1.27. The maximum Gasteiger partial charge on any atom is 0.252 e. The van der Waals surface area contributed by atoms with Gasteiger partial charge in [-0.1, -0.05) is 18.2 Å². The number of para-hydroxylation sites is 1. The number of nitrogens with one attached hydrogen (secondary N) is 2. The van der Waals surface area contributed by atoms with Crippen LogP contribution in [0, 0.1) is 0 Å². The SMILES string of the molecule is O=C(NCCCc1c[nH]c2ccccc12)c1ccc(N2CCCC2)nc1. The van der Waals surface area contributed by atoms with Crippen LogP contribution in [-0.4, -0.2) is 35.5 Å². The number of hydrogen-bond acceptors (Lipinski definition) is 3. The van der Waals surface area contributed by atoms with Crippen molar-refractivity contribution in [1.82, 2.24) is 15.3 Å². The molecule has 134 valence electrons. The van der Waals surface area contributed by atoms with Crippen molar-refractivity contribution in [3.63, 3.8) is 0 Å². The Morgan fingerprint density at radius 3 is 2.81 bits per heavy atom. The molecular formula is C21H24N4O. The Hall–Kier alpha value is -2.82. The molecule has 0 spiro atoms. The number of rotatable bonds is 6. The van der Waals surface area contributed by atoms with Gasteiger partial charge in [-0.05, 0) is 49.4 Å². The lowest BCUT2D eigenvalue weighted by Gasteiger charge is -2.16. The highest BCUT2D eigenvalue weighted by atomic mass is 16.1. The average molecular weight is 348 g/mol. The fourth-order valence-electron chi connectivity index (χ4n) is 3.57. The number of pyridine rings is 1. The molecule has 2 aromatic heterocycles. The quantitative estimate of drug-likeness (QED) is 0.670. The molecule has 0 radical (unpaired) electrons. The van der Waals surface area contributed by atoms with Crippen LogP contribution in [0.4, 0.5) is 5.82 Å². The van der Waals surface area contributed by atoms with Crippen LogP contribution in [-0.2, 0) is 6.42 Å². The number of nitrogens with zero attached hydrogens (tertiary/aromatic N) is 2. The first-order valence-corrected chi connectivity index (χ1v) is 9.35. The van der Waals surface area contributed by atoms with E-state index in [1.165, 1.54) is 23.8 Å². The standard InChI is InChI=1S/C21H24N4O/c26-21(17-9-10-20(24-15-17)25-12-3-4-13-25)22-11-5-6-16-14-23-19-8-2-1-7-18(16)19/h1-2,7-10,14-15,23H,3-6,11-13H2,(H,22,26). The lowest BCUT2D eigenvalue weighted by Crippen LogP contribution is -2.25. The largest absolute Gasteiger partial charge is 0.361 e. The molecule has 2 N–H and O–H groups in total. The van der Waals surface area contributed by atoms with Gasteiger partial charge in [0.15, 0.2) is 0 Å². The fourth-order valence-corrected chi connectivity index (χ4v) is 3.57. The van der Waals surface area contributed by atoms with Crippen molar-refractivity contribution >= 4 is 22.6 Å². The molecule has 1 saturated heterocycles. The third-order valence-electron chi connectivity index (χ3n) is 5.02. The first kappa shape index (κ1) is 16.6. The summed E-state index contributed by atoms with van der Waals surface area (Å²) in [6, 6.07) is 12.1. The Morgan fingerprint density at radius 1 is 1.15 bits per heavy atom. The highest BCUT2D eigenvalue weighted by Gasteiger charge is 2.14. The van der Waals surface area contributed by atoms with Gasteiger partial charge in [-0.25, -0.2) is 4.98 Å². The normalized spacial score (nSPS) is 14.1. The van der Waals surface area contributed by atoms with Gasteiger partial charge < -0.3 is 15.2 Å². The number of fused-ring (bicyclic) bond motifs is 1. The van der Waals surface area contributed by atoms with Crippen LogP contribution in [0.1, 0.15) is 35.2 Å². The monoisotopic (exact) mass is 348 g/mol. The predicted molar refractivity (Wildman–Crippen MR) is 105 cm³/mol. The molecule has 1 aliphatic rings. The summed E-state index contributed by atoms with van der Waals surface area (Å²) < 4.78 is 0. The predicted octanol–water partition coefficient (Wildman–Crippen LogP) is 3.53. The average Bonchev–Trinajstić information content (AvgIpc) is 3.35. The number of carbonyl (C=O) groups excluding carboxylic acids is 1. The van der Waals surface area contributed by atoms with Crippen LogP contribution < -0.4 is 10.2 Å². The molecule has 5 heteroatoms. The number of hydrogen-bond donors (Lipinski definition) is 2. The summed E-state index contributed by atoms with van der Waals surface area (Å²) in [4.78, 5) is 22.3. The molecule has 0 saturated carbocycles. The molecule has 0 unspecified atom stereocenters. The van der Waals surface area contributed by atoms with Crippen molar-refractivity contribution in [2.45, 2.75) is 25.7 Å². The van der Waals surface area contributed by atoms with Crippen molar-refractivity contribution in [2.75, 3.05) is 24.5 Å². The summed E-state index contributed by atoms with van der Waals surface area (Å²) >= 11 is 0. The first-order valence-electron chi connectivity index (χ1n) is 9.35. The molecule has 5 nitrogen and oxygen atoms in total. The number of aryl methyl sites for hydroxylation is 1. The van der Waals surface area contributed by atoms with Crippen molar-refractivity contribution in [2.24, 2.45) is 0 Å². The van der Waals surface area contributed by atoms with E-state index in [1.54, 1.807) is 6.20 Å². The van der Waals surface area contributed by atoms with E-state index in [9.17, 15) is 4.79 Å². The summed E-state index contributed by atoms with van der Waals surface area (Å²) in [6.07, 6.45) is 8.04. The molecule has 3 heterocycles. The molecule has 1 aromatic carbocycles. The number of aromatic nitrogens is 2. The van der Waals surface area contributed by atoms with E-state index in [0.29, 0.717) is 12.1 Å². The molecule has 26 heavy (non-hydrogen) atoms. The number of benzene rings is 1. The van der Waals surface area contributed by atoms with Crippen molar-refractivity contribution in [1.29, 1.82) is 0 Å². The van der Waals surface area contributed by atoms with Crippen LogP contribution in [0.25, 0.3) is 10.9 Å². The summed E-state index contributed by atoms with van der Waals surface area (Å²) in [7, 11) is 0. The fraction of sp³-hybridized carbons (Fsp3) is 0.333. The minimum absolute atomic E-state index is 0.0515. The van der Waals surface area contributed by atoms with Crippen molar-refractivity contribution in [3.8, 4) is 0 Å². The second-order valence-electron chi connectivity index (χ2n) is 6.82. The van der Waals surface area contributed by atoms with Crippen LogP contribution in [0.3, 0.4) is 0 Å². The zero-order valence-corrected chi connectivity index (χ0v) is 14.9. The van der Waals surface area contributed by atoms with Gasteiger partial charge in [0.05, 0.1) is 5.56 Å². The number of anilines is 1. The van der Waals surface area contributed by atoms with Gasteiger partial charge in [-0.15, -0.1) is 0 Å². The van der Waals surface area contributed by atoms with E-state index in [-0.39, 0.29) is 5.91 Å². The molecule has 4 rings (SSSR count). The van der Waals surface area contributed by atoms with E-state index >= 15 is 0 Å². The summed E-state index contributed by atoms with van der Waals surface area (Å²) in [5.41, 5.74) is 3.09. The maximum absolute atomic E-state index is 12.3. The summed E-state index contributed by atoms with van der Waals surface area (Å²) in [6.45, 7) is 2.78. The van der Waals surface area contributed by atoms with Crippen LogP contribution in [0.2, 0.25) is 0 Å². The van der Waals surface area contributed by atoms with Gasteiger partial charge in [-0.3, -0.25) is 4.79 Å². The smallest absolute Gasteiger partial charge is 0.252 e. The van der Waals surface area contributed by atoms with Gasteiger partial charge >= 0.3 is 0 Å². The maximum atomic E-state index is 12.3. The molecule has 0 aliphatic carbocycles. The van der Waals surface area contributed by atoms with Gasteiger partial charge in [-0.2, -0.15) is 0 Å². The van der Waals surface area contributed by atoms with E-state index in [4.69, 9.17) is 0 Å². The molecule has 1 aliphatic heterocycles. The molecule has 1 fully saturated rings. The van der Waals surface area contributed by atoms with Gasteiger partial charge in [0.1, 0.15) is 5.82 Å². The zero-order chi connectivity index (χ0) is 17.8. The Labute approximate surface area is 153 Å². The van der Waals surface area contributed by atoms with Crippen molar-refractivity contribution < 1.29 is 4.79 Å². The lowest BCUT2D eigenvalue weighted by atomic mass is 10.1. The van der Waals surface area contributed by atoms with Crippen LogP contribution >= 0.6 is 0 Å². The topological polar surface area (TPSA) is 61.0 Å². The number of carbonyl (C=O) groups is 1. The first-order chi connectivity index (χ1) is 12.8. The van der Waals surface area contributed by atoms with Gasteiger partial charge in [0, 0.05) is 42.9 Å². The summed E-state index contributed by atoms with van der Waals surface area (Å²) in [5, 5.41) is 4.26. The van der Waals surface area contributed by atoms with Crippen LogP contribution in [0.5, 0.6) is 0 Å². The molecule has 0 bridgehead atoms. The molecule has 1 amide bonds. The van der Waals surface area contributed by atoms with Crippen LogP contribution in [0.15, 0.2) is 48.8 Å². The Bertz CT molecular complexity index is 878. The molecule has 0 atom stereocenters. The van der Waals surface area contributed by atoms with Gasteiger partial charge in [0.2, 0.25) is 0 Å². The second kappa shape index (κ2) is 7.60. The molecule has 3 aromatic rings. The molecular weight excluding hydrogens is 324 g/mol. The van der Waals surface area contributed by atoms with Crippen molar-refractivity contribution in [3.05, 3.63) is 59.9 Å². The van der Waals surface area contributed by atoms with Gasteiger partial charge in [0.25, 0.3) is 5.91 Å². The minimum Gasteiger partial charge on any atom is -0.361 e. The Morgan fingerprint density at radius 2 is 2.00 bits per heavy atom. The highest BCUT2D eigenvalue weighted by Crippen LogP contribution is 2.19. The van der Waals surface area contributed by atoms with E-state index < -0.39 is 0 Å². The number of amides is 1. The van der Waals surface area contributed by atoms with E-state index in [2.05, 4.69) is 44.6 Å². The minimum atomic E-state index is -0.0515.